The van der Waals surface area contributed by atoms with Gasteiger partial charge in [-0.25, -0.2) is 4.39 Å². The van der Waals surface area contributed by atoms with Crippen LogP contribution in [0.5, 0.6) is 0 Å². The van der Waals surface area contributed by atoms with Crippen molar-refractivity contribution in [1.29, 1.82) is 0 Å². The van der Waals surface area contributed by atoms with Crippen molar-refractivity contribution >= 4 is 11.6 Å². The maximum Gasteiger partial charge on any atom is 0.416 e. The average molecular weight is 444 g/mol. The molecule has 5 nitrogen and oxygen atoms in total. The van der Waals surface area contributed by atoms with Gasteiger partial charge in [0.05, 0.1) is 12.1 Å². The van der Waals surface area contributed by atoms with Crippen LogP contribution in [-0.2, 0) is 31.6 Å². The Labute approximate surface area is 181 Å². The molecule has 0 N–H and O–H groups in total. The predicted molar refractivity (Wildman–Crippen MR) is 109 cm³/mol. The summed E-state index contributed by atoms with van der Waals surface area (Å²) < 4.78 is 56.1. The Morgan fingerprint density at radius 2 is 1.91 bits per heavy atom. The van der Waals surface area contributed by atoms with E-state index in [1.165, 1.54) is 17.0 Å². The Morgan fingerprint density at radius 1 is 1.16 bits per heavy atom. The molecule has 9 heteroatoms. The van der Waals surface area contributed by atoms with Crippen molar-refractivity contribution < 1.29 is 22.4 Å². The van der Waals surface area contributed by atoms with Crippen molar-refractivity contribution in [2.24, 2.45) is 7.05 Å². The smallest absolute Gasteiger partial charge is 0.321 e. The van der Waals surface area contributed by atoms with Crippen LogP contribution in [0.1, 0.15) is 45.7 Å². The fourth-order valence-electron chi connectivity index (χ4n) is 4.85. The van der Waals surface area contributed by atoms with E-state index in [9.17, 15) is 22.4 Å². The molecule has 2 aliphatic rings. The highest BCUT2D eigenvalue weighted by Gasteiger charge is 2.47. The van der Waals surface area contributed by atoms with Gasteiger partial charge < -0.3 is 9.47 Å². The molecule has 2 aromatic carbocycles. The zero-order chi connectivity index (χ0) is 22.7. The third-order valence-electron chi connectivity index (χ3n) is 6.57. The van der Waals surface area contributed by atoms with E-state index >= 15 is 0 Å². The average Bonchev–Trinajstić information content (AvgIpc) is 3.29. The highest BCUT2D eigenvalue weighted by atomic mass is 19.4. The summed E-state index contributed by atoms with van der Waals surface area (Å²) in [4.78, 5) is 14.3. The molecule has 0 radical (unpaired) electrons. The lowest BCUT2D eigenvalue weighted by molar-refractivity contribution is -0.138. The topological polar surface area (TPSA) is 51.0 Å². The van der Waals surface area contributed by atoms with E-state index in [2.05, 4.69) is 10.2 Å². The molecular weight excluding hydrogens is 424 g/mol. The van der Waals surface area contributed by atoms with Crippen LogP contribution in [0.3, 0.4) is 0 Å². The Hall–Kier alpha value is -3.23. The molecule has 1 fully saturated rings. The second-order valence-electron chi connectivity index (χ2n) is 8.59. The molecule has 1 aromatic heterocycles. The highest BCUT2D eigenvalue weighted by molar-refractivity contribution is 6.10. The second kappa shape index (κ2) is 7.15. The van der Waals surface area contributed by atoms with Gasteiger partial charge in [-0.2, -0.15) is 13.2 Å². The molecule has 1 amide bonds. The SMILES string of the molecule is Cn1cnnc1CC1(c2cccc(N3Cc4c(cccc4C(F)(F)F)C3=O)c2)CC(F)C1. The van der Waals surface area contributed by atoms with E-state index in [-0.39, 0.29) is 17.7 Å². The molecule has 1 aliphatic heterocycles. The van der Waals surface area contributed by atoms with E-state index in [1.807, 2.05) is 13.1 Å². The molecule has 5 rings (SSSR count). The summed E-state index contributed by atoms with van der Waals surface area (Å²) in [7, 11) is 1.82. The van der Waals surface area contributed by atoms with Crippen molar-refractivity contribution in [3.63, 3.8) is 0 Å². The number of halogens is 4. The summed E-state index contributed by atoms with van der Waals surface area (Å²) in [6.07, 6.45) is -2.76. The first-order valence-corrected chi connectivity index (χ1v) is 10.3. The lowest BCUT2D eigenvalue weighted by Gasteiger charge is -2.45. The third kappa shape index (κ3) is 3.27. The number of aromatic nitrogens is 3. The van der Waals surface area contributed by atoms with Gasteiger partial charge in [0, 0.05) is 30.1 Å². The van der Waals surface area contributed by atoms with Crippen molar-refractivity contribution in [2.45, 2.75) is 43.6 Å². The van der Waals surface area contributed by atoms with Crippen LogP contribution < -0.4 is 4.90 Å². The Bertz CT molecular complexity index is 1200. The lowest BCUT2D eigenvalue weighted by Crippen LogP contribution is -2.45. The molecule has 1 saturated carbocycles. The molecule has 0 atom stereocenters. The van der Waals surface area contributed by atoms with Gasteiger partial charge in [-0.15, -0.1) is 10.2 Å². The standard InChI is InChI=1S/C23H20F4N4O/c1-30-13-28-29-20(30)11-22(9-15(24)10-22)14-4-2-5-16(8-14)31-12-18-17(21(31)32)6-3-7-19(18)23(25,26)27/h2-8,13,15H,9-12H2,1H3. The van der Waals surface area contributed by atoms with Crippen LogP contribution >= 0.6 is 0 Å². The highest BCUT2D eigenvalue weighted by Crippen LogP contribution is 2.48. The first kappa shape index (κ1) is 20.7. The van der Waals surface area contributed by atoms with Gasteiger partial charge in [-0.05, 0) is 48.2 Å². The van der Waals surface area contributed by atoms with Gasteiger partial charge in [0.1, 0.15) is 18.3 Å². The van der Waals surface area contributed by atoms with Gasteiger partial charge in [-0.3, -0.25) is 4.79 Å². The zero-order valence-corrected chi connectivity index (χ0v) is 17.2. The van der Waals surface area contributed by atoms with E-state index in [4.69, 9.17) is 0 Å². The van der Waals surface area contributed by atoms with Crippen LogP contribution in [-0.4, -0.2) is 26.8 Å². The summed E-state index contributed by atoms with van der Waals surface area (Å²) >= 11 is 0. The number of rotatable bonds is 4. The molecular formula is C23H20F4N4O. The molecule has 0 saturated heterocycles. The number of hydrogen-bond acceptors (Lipinski definition) is 3. The Balaban J connectivity index is 1.49. The number of alkyl halides is 4. The number of fused-ring (bicyclic) bond motifs is 1. The molecule has 0 bridgehead atoms. The molecule has 0 unspecified atom stereocenters. The first-order chi connectivity index (χ1) is 15.2. The molecule has 32 heavy (non-hydrogen) atoms. The fourth-order valence-corrected chi connectivity index (χ4v) is 4.85. The molecule has 166 valence electrons. The van der Waals surface area contributed by atoms with Crippen molar-refractivity contribution in [3.05, 3.63) is 76.9 Å². The van der Waals surface area contributed by atoms with Crippen LogP contribution in [0.25, 0.3) is 0 Å². The number of amides is 1. The van der Waals surface area contributed by atoms with Crippen LogP contribution in [0.2, 0.25) is 0 Å². The van der Waals surface area contributed by atoms with Gasteiger partial charge >= 0.3 is 6.18 Å². The number of benzene rings is 2. The number of aryl methyl sites for hydroxylation is 1. The maximum absolute atomic E-state index is 14.0. The largest absolute Gasteiger partial charge is 0.416 e. The first-order valence-electron chi connectivity index (χ1n) is 10.3. The summed E-state index contributed by atoms with van der Waals surface area (Å²) in [6.45, 7) is -0.157. The number of carbonyl (C=O) groups is 1. The second-order valence-corrected chi connectivity index (χ2v) is 8.59. The van der Waals surface area contributed by atoms with Gasteiger partial charge in [0.15, 0.2) is 0 Å². The minimum atomic E-state index is -4.54. The fraction of sp³-hybridized carbons (Fsp3) is 0.348. The normalized spacial score (nSPS) is 22.7. The maximum atomic E-state index is 14.0. The van der Waals surface area contributed by atoms with Crippen LogP contribution in [0.4, 0.5) is 23.2 Å². The Kier molecular flexibility index (Phi) is 4.61. The monoisotopic (exact) mass is 444 g/mol. The quantitative estimate of drug-likeness (QED) is 0.553. The van der Waals surface area contributed by atoms with Gasteiger partial charge in [0.2, 0.25) is 0 Å². The van der Waals surface area contributed by atoms with Crippen molar-refractivity contribution in [2.75, 3.05) is 4.90 Å². The van der Waals surface area contributed by atoms with Crippen LogP contribution in [0.15, 0.2) is 48.8 Å². The van der Waals surface area contributed by atoms with E-state index in [0.29, 0.717) is 24.9 Å². The number of anilines is 1. The Morgan fingerprint density at radius 3 is 2.56 bits per heavy atom. The van der Waals surface area contributed by atoms with Gasteiger partial charge in [0.25, 0.3) is 5.91 Å². The van der Waals surface area contributed by atoms with E-state index < -0.39 is 29.2 Å². The summed E-state index contributed by atoms with van der Waals surface area (Å²) in [5.74, 6) is 0.254. The number of hydrogen-bond donors (Lipinski definition) is 0. The molecule has 2 heterocycles. The van der Waals surface area contributed by atoms with Gasteiger partial charge in [-0.1, -0.05) is 18.2 Å². The number of nitrogens with zero attached hydrogens (tertiary/aromatic N) is 4. The summed E-state index contributed by atoms with van der Waals surface area (Å²) in [6, 6.07) is 10.8. The third-order valence-corrected chi connectivity index (χ3v) is 6.57. The lowest BCUT2D eigenvalue weighted by atomic mass is 9.61. The summed E-state index contributed by atoms with van der Waals surface area (Å²) in [5, 5.41) is 8.02. The summed E-state index contributed by atoms with van der Waals surface area (Å²) in [5.41, 5.74) is 0.0922. The molecule has 3 aromatic rings. The van der Waals surface area contributed by atoms with E-state index in [0.717, 1.165) is 17.5 Å². The minimum Gasteiger partial charge on any atom is -0.321 e. The zero-order valence-electron chi connectivity index (χ0n) is 17.2. The molecule has 1 aliphatic carbocycles. The van der Waals surface area contributed by atoms with Crippen molar-refractivity contribution in [1.82, 2.24) is 14.8 Å². The van der Waals surface area contributed by atoms with E-state index in [1.54, 1.807) is 29.1 Å². The van der Waals surface area contributed by atoms with Crippen LogP contribution in [0, 0.1) is 0 Å². The predicted octanol–water partition coefficient (Wildman–Crippen LogP) is 4.61. The van der Waals surface area contributed by atoms with Crippen molar-refractivity contribution in [3.8, 4) is 0 Å². The minimum absolute atomic E-state index is 0.0170. The number of carbonyl (C=O) groups excluding carboxylic acids is 1. The molecule has 0 spiro atoms.